The van der Waals surface area contributed by atoms with E-state index in [1.54, 1.807) is 29.4 Å². The summed E-state index contributed by atoms with van der Waals surface area (Å²) in [6.07, 6.45) is 4.02. The number of pyridine rings is 1. The fourth-order valence-electron chi connectivity index (χ4n) is 3.80. The number of hydrogen-bond acceptors (Lipinski definition) is 6. The van der Waals surface area contributed by atoms with Crippen LogP contribution in [0.5, 0.6) is 11.5 Å². The zero-order valence-corrected chi connectivity index (χ0v) is 16.8. The van der Waals surface area contributed by atoms with Gasteiger partial charge in [-0.05, 0) is 29.8 Å². The van der Waals surface area contributed by atoms with Crippen molar-refractivity contribution in [2.24, 2.45) is 0 Å². The summed E-state index contributed by atoms with van der Waals surface area (Å²) in [5, 5.41) is 10.1. The number of carbonyl (C=O) groups excluding carboxylic acids is 2. The van der Waals surface area contributed by atoms with E-state index in [1.165, 1.54) is 0 Å². The van der Waals surface area contributed by atoms with Crippen LogP contribution in [-0.4, -0.2) is 51.7 Å². The van der Waals surface area contributed by atoms with Crippen molar-refractivity contribution in [1.82, 2.24) is 20.1 Å². The zero-order valence-electron chi connectivity index (χ0n) is 16.8. The first-order valence-electron chi connectivity index (χ1n) is 10.1. The van der Waals surface area contributed by atoms with Crippen molar-refractivity contribution in [3.8, 4) is 11.5 Å². The summed E-state index contributed by atoms with van der Waals surface area (Å²) < 4.78 is 11.1. The van der Waals surface area contributed by atoms with E-state index in [9.17, 15) is 9.59 Å². The van der Waals surface area contributed by atoms with E-state index in [4.69, 9.17) is 9.47 Å². The van der Waals surface area contributed by atoms with Gasteiger partial charge in [0, 0.05) is 36.6 Å². The monoisotopic (exact) mass is 419 g/mol. The largest absolute Gasteiger partial charge is 0.486 e. The Kier molecular flexibility index (Phi) is 4.99. The van der Waals surface area contributed by atoms with Crippen molar-refractivity contribution < 1.29 is 19.1 Å². The van der Waals surface area contributed by atoms with E-state index in [0.717, 1.165) is 16.8 Å². The van der Waals surface area contributed by atoms with Crippen molar-refractivity contribution in [1.29, 1.82) is 0 Å². The Morgan fingerprint density at radius 2 is 2.03 bits per heavy atom. The van der Waals surface area contributed by atoms with Crippen molar-refractivity contribution in [3.63, 3.8) is 0 Å². The minimum atomic E-state index is -0.193. The number of hydrogen-bond donors (Lipinski definition) is 2. The Labute approximate surface area is 178 Å². The molecule has 0 spiro atoms. The first-order valence-corrected chi connectivity index (χ1v) is 10.1. The highest BCUT2D eigenvalue weighted by molar-refractivity contribution is 5.95. The highest BCUT2D eigenvalue weighted by atomic mass is 16.6. The maximum atomic E-state index is 12.8. The number of nitrogens with one attached hydrogen (secondary N) is 2. The molecular formula is C22H21N5O4. The van der Waals surface area contributed by atoms with Gasteiger partial charge >= 0.3 is 0 Å². The molecule has 2 aliphatic rings. The second-order valence-electron chi connectivity index (χ2n) is 7.45. The Balaban J connectivity index is 1.27. The lowest BCUT2D eigenvalue weighted by molar-refractivity contribution is -0.115. The molecule has 0 saturated heterocycles. The molecule has 0 fully saturated rings. The number of aromatic nitrogens is 3. The van der Waals surface area contributed by atoms with Gasteiger partial charge < -0.3 is 19.7 Å². The van der Waals surface area contributed by atoms with Gasteiger partial charge in [0.15, 0.2) is 17.3 Å². The second kappa shape index (κ2) is 8.10. The topological polar surface area (TPSA) is 109 Å². The van der Waals surface area contributed by atoms with Gasteiger partial charge in [0.05, 0.1) is 18.5 Å². The van der Waals surface area contributed by atoms with Crippen molar-refractivity contribution >= 4 is 17.6 Å². The fraction of sp³-hybridized carbons (Fsp3) is 0.273. The summed E-state index contributed by atoms with van der Waals surface area (Å²) in [5.41, 5.74) is 3.13. The quantitative estimate of drug-likeness (QED) is 0.669. The zero-order chi connectivity index (χ0) is 21.2. The first-order chi connectivity index (χ1) is 15.2. The molecule has 9 heteroatoms. The Morgan fingerprint density at radius 1 is 1.16 bits per heavy atom. The number of aromatic amines is 1. The molecule has 158 valence electrons. The number of H-pyrrole nitrogens is 1. The number of anilines is 1. The van der Waals surface area contributed by atoms with Gasteiger partial charge in [-0.3, -0.25) is 19.7 Å². The van der Waals surface area contributed by atoms with Gasteiger partial charge in [-0.25, -0.2) is 0 Å². The summed E-state index contributed by atoms with van der Waals surface area (Å²) in [5.74, 6) is 1.52. The van der Waals surface area contributed by atoms with Crippen LogP contribution in [0.2, 0.25) is 0 Å². The van der Waals surface area contributed by atoms with E-state index < -0.39 is 0 Å². The molecule has 2 aromatic heterocycles. The van der Waals surface area contributed by atoms with Gasteiger partial charge in [0.2, 0.25) is 5.91 Å². The third-order valence-electron chi connectivity index (χ3n) is 5.36. The number of fused-ring (bicyclic) bond motifs is 2. The molecule has 0 bridgehead atoms. The molecule has 0 aliphatic carbocycles. The van der Waals surface area contributed by atoms with Crippen molar-refractivity contribution in [2.75, 3.05) is 25.1 Å². The minimum Gasteiger partial charge on any atom is -0.486 e. The van der Waals surface area contributed by atoms with E-state index in [0.29, 0.717) is 55.6 Å². The van der Waals surface area contributed by atoms with Crippen LogP contribution in [0.3, 0.4) is 0 Å². The lowest BCUT2D eigenvalue weighted by Crippen LogP contribution is -2.36. The van der Waals surface area contributed by atoms with Gasteiger partial charge in [-0.15, -0.1) is 0 Å². The van der Waals surface area contributed by atoms with Gasteiger partial charge in [-0.1, -0.05) is 6.07 Å². The smallest absolute Gasteiger partial charge is 0.255 e. The van der Waals surface area contributed by atoms with E-state index in [-0.39, 0.29) is 18.2 Å². The SMILES string of the molecule is O=C(Cc1ccc2c(c1)OCCO2)Nc1n[nH]c2c1CN(C(=O)c1cccnc1)CC2. The molecule has 3 aromatic rings. The molecule has 2 N–H and O–H groups in total. The van der Waals surface area contributed by atoms with Crippen LogP contribution in [0, 0.1) is 0 Å². The Bertz CT molecular complexity index is 1130. The molecule has 2 aliphatic heterocycles. The lowest BCUT2D eigenvalue weighted by Gasteiger charge is -2.27. The number of nitrogens with zero attached hydrogens (tertiary/aromatic N) is 3. The summed E-state index contributed by atoms with van der Waals surface area (Å²) in [6.45, 7) is 1.97. The van der Waals surface area contributed by atoms with E-state index in [1.807, 2.05) is 18.2 Å². The molecule has 1 aromatic carbocycles. The molecule has 0 atom stereocenters. The molecule has 0 unspecified atom stereocenters. The van der Waals surface area contributed by atoms with Crippen molar-refractivity contribution in [2.45, 2.75) is 19.4 Å². The average molecular weight is 419 g/mol. The lowest BCUT2D eigenvalue weighted by atomic mass is 10.1. The van der Waals surface area contributed by atoms with Crippen molar-refractivity contribution in [3.05, 3.63) is 65.1 Å². The third-order valence-corrected chi connectivity index (χ3v) is 5.36. The highest BCUT2D eigenvalue weighted by Crippen LogP contribution is 2.31. The summed E-state index contributed by atoms with van der Waals surface area (Å²) >= 11 is 0. The maximum absolute atomic E-state index is 12.8. The van der Waals surface area contributed by atoms with Gasteiger partial charge in [0.25, 0.3) is 5.91 Å². The molecule has 0 saturated carbocycles. The first kappa shape index (κ1) is 19.1. The third kappa shape index (κ3) is 3.94. The minimum absolute atomic E-state index is 0.0893. The number of amides is 2. The molecule has 0 radical (unpaired) electrons. The molecule has 31 heavy (non-hydrogen) atoms. The summed E-state index contributed by atoms with van der Waals surface area (Å²) in [4.78, 5) is 31.2. The van der Waals surface area contributed by atoms with Crippen LogP contribution in [0.1, 0.15) is 27.2 Å². The molecule has 4 heterocycles. The van der Waals surface area contributed by atoms with E-state index >= 15 is 0 Å². The van der Waals surface area contributed by atoms with Crippen LogP contribution in [0.25, 0.3) is 0 Å². The van der Waals surface area contributed by atoms with Crippen LogP contribution < -0.4 is 14.8 Å². The number of ether oxygens (including phenoxy) is 2. The number of carbonyl (C=O) groups is 2. The Hall–Kier alpha value is -3.88. The number of rotatable bonds is 4. The normalized spacial score (nSPS) is 14.6. The molecule has 2 amide bonds. The van der Waals surface area contributed by atoms with Gasteiger partial charge in [0.1, 0.15) is 13.2 Å². The van der Waals surface area contributed by atoms with Gasteiger partial charge in [-0.2, -0.15) is 5.10 Å². The maximum Gasteiger partial charge on any atom is 0.255 e. The highest BCUT2D eigenvalue weighted by Gasteiger charge is 2.26. The molecular weight excluding hydrogens is 398 g/mol. The van der Waals surface area contributed by atoms with Crippen LogP contribution in [0.15, 0.2) is 42.7 Å². The summed E-state index contributed by atoms with van der Waals surface area (Å²) in [6, 6.07) is 8.97. The van der Waals surface area contributed by atoms with Crippen LogP contribution >= 0.6 is 0 Å². The standard InChI is InChI=1S/C22H21N5O4/c28-20(11-14-3-4-18-19(10-14)31-9-8-30-18)24-21-16-13-27(7-5-17(16)25-26-21)22(29)15-2-1-6-23-12-15/h1-4,6,10,12H,5,7-9,11,13H2,(H2,24,25,26,28). The summed E-state index contributed by atoms with van der Waals surface area (Å²) in [7, 11) is 0. The van der Waals surface area contributed by atoms with E-state index in [2.05, 4.69) is 20.5 Å². The second-order valence-corrected chi connectivity index (χ2v) is 7.45. The predicted octanol–water partition coefficient (Wildman–Crippen LogP) is 1.96. The van der Waals surface area contributed by atoms with Crippen LogP contribution in [0.4, 0.5) is 5.82 Å². The van der Waals surface area contributed by atoms with Crippen LogP contribution in [-0.2, 0) is 24.2 Å². The number of benzene rings is 1. The molecule has 5 rings (SSSR count). The molecule has 9 nitrogen and oxygen atoms in total. The predicted molar refractivity (Wildman–Crippen MR) is 111 cm³/mol. The average Bonchev–Trinajstić information content (AvgIpc) is 3.21. The Morgan fingerprint density at radius 3 is 2.87 bits per heavy atom. The fourth-order valence-corrected chi connectivity index (χ4v) is 3.80.